The average molecular weight is 266 g/mol. The molecule has 4 nitrogen and oxygen atoms in total. The van der Waals surface area contributed by atoms with Gasteiger partial charge in [-0.1, -0.05) is 25.8 Å². The van der Waals surface area contributed by atoms with Crippen molar-refractivity contribution in [3.8, 4) is 12.3 Å². The van der Waals surface area contributed by atoms with Gasteiger partial charge in [-0.25, -0.2) is 8.42 Å². The van der Waals surface area contributed by atoms with Crippen LogP contribution in [0.4, 0.5) is 5.69 Å². The Bertz CT molecular complexity index is 530. The van der Waals surface area contributed by atoms with Gasteiger partial charge in [0.15, 0.2) is 0 Å². The van der Waals surface area contributed by atoms with Crippen molar-refractivity contribution in [1.82, 2.24) is 5.32 Å². The van der Waals surface area contributed by atoms with Crippen LogP contribution in [0.2, 0.25) is 0 Å². The number of hydrogen-bond acceptors (Lipinski definition) is 3. The number of hydrogen-bond donors (Lipinski definition) is 2. The minimum Gasteiger partial charge on any atom is -0.313 e. The fourth-order valence-corrected chi connectivity index (χ4v) is 2.36. The lowest BCUT2D eigenvalue weighted by Crippen LogP contribution is -2.30. The Balaban J connectivity index is 2.62. The molecule has 0 spiro atoms. The summed E-state index contributed by atoms with van der Waals surface area (Å²) in [5.41, 5.74) is 1.14. The second kappa shape index (κ2) is 6.43. The van der Waals surface area contributed by atoms with E-state index in [1.807, 2.05) is 13.8 Å². The molecule has 0 saturated carbocycles. The number of rotatable bonds is 6. The normalized spacial score (nSPS) is 11.2. The van der Waals surface area contributed by atoms with E-state index in [9.17, 15) is 8.42 Å². The summed E-state index contributed by atoms with van der Waals surface area (Å²) in [5, 5.41) is 3.06. The van der Waals surface area contributed by atoms with Crippen LogP contribution >= 0.6 is 0 Å². The highest BCUT2D eigenvalue weighted by Crippen LogP contribution is 2.11. The van der Waals surface area contributed by atoms with Gasteiger partial charge in [0.1, 0.15) is 0 Å². The van der Waals surface area contributed by atoms with Crippen molar-refractivity contribution in [3.05, 3.63) is 29.8 Å². The summed E-state index contributed by atoms with van der Waals surface area (Å²) in [6.45, 7) is 4.36. The lowest BCUT2D eigenvalue weighted by Gasteiger charge is -2.10. The Kier molecular flexibility index (Phi) is 5.20. The minimum atomic E-state index is -3.34. The molecular weight excluding hydrogens is 248 g/mol. The van der Waals surface area contributed by atoms with Crippen LogP contribution < -0.4 is 10.0 Å². The lowest BCUT2D eigenvalue weighted by atomic mass is 10.2. The molecule has 0 saturated heterocycles. The zero-order valence-corrected chi connectivity index (χ0v) is 11.4. The second-order valence-electron chi connectivity index (χ2n) is 4.25. The van der Waals surface area contributed by atoms with E-state index >= 15 is 0 Å². The van der Waals surface area contributed by atoms with Crippen molar-refractivity contribution < 1.29 is 8.42 Å². The van der Waals surface area contributed by atoms with Crippen molar-refractivity contribution in [3.63, 3.8) is 0 Å². The molecule has 0 bridgehead atoms. The molecule has 2 N–H and O–H groups in total. The van der Waals surface area contributed by atoms with Gasteiger partial charge < -0.3 is 5.32 Å². The first-order valence-corrected chi connectivity index (χ1v) is 7.39. The van der Waals surface area contributed by atoms with Crippen molar-refractivity contribution in [1.29, 1.82) is 0 Å². The first-order chi connectivity index (χ1) is 8.43. The van der Waals surface area contributed by atoms with Gasteiger partial charge in [-0.2, -0.15) is 0 Å². The van der Waals surface area contributed by atoms with E-state index in [1.54, 1.807) is 24.3 Å². The Morgan fingerprint density at radius 1 is 1.39 bits per heavy atom. The molecule has 1 rings (SSSR count). The monoisotopic (exact) mass is 266 g/mol. The van der Waals surface area contributed by atoms with Crippen molar-refractivity contribution in [2.75, 3.05) is 17.0 Å². The third-order valence-corrected chi connectivity index (χ3v) is 3.51. The zero-order chi connectivity index (χ0) is 13.6. The highest BCUT2D eigenvalue weighted by atomic mass is 32.2. The predicted octanol–water partition coefficient (Wildman–Crippen LogP) is 1.41. The maximum absolute atomic E-state index is 11.8. The van der Waals surface area contributed by atoms with Gasteiger partial charge >= 0.3 is 0 Å². The van der Waals surface area contributed by atoms with E-state index in [4.69, 9.17) is 6.42 Å². The topological polar surface area (TPSA) is 58.2 Å². The Morgan fingerprint density at radius 3 is 2.72 bits per heavy atom. The van der Waals surface area contributed by atoms with Gasteiger partial charge in [-0.05, 0) is 18.2 Å². The molecule has 1 aromatic carbocycles. The lowest BCUT2D eigenvalue weighted by molar-refractivity contribution is 0.582. The van der Waals surface area contributed by atoms with E-state index in [-0.39, 0.29) is 11.8 Å². The first-order valence-electron chi connectivity index (χ1n) is 5.73. The Hall–Kier alpha value is -1.51. The maximum Gasteiger partial charge on any atom is 0.233 e. The number of benzene rings is 1. The van der Waals surface area contributed by atoms with Crippen LogP contribution in [0, 0.1) is 12.3 Å². The summed E-state index contributed by atoms with van der Waals surface area (Å²) in [7, 11) is -3.34. The third-order valence-electron chi connectivity index (χ3n) is 2.23. The maximum atomic E-state index is 11.8. The van der Waals surface area contributed by atoms with E-state index < -0.39 is 10.0 Å². The van der Waals surface area contributed by atoms with E-state index in [1.165, 1.54) is 0 Å². The fraction of sp³-hybridized carbons (Fsp3) is 0.385. The van der Waals surface area contributed by atoms with E-state index in [0.717, 1.165) is 0 Å². The van der Waals surface area contributed by atoms with Gasteiger partial charge in [0, 0.05) is 23.8 Å². The van der Waals surface area contributed by atoms with E-state index in [2.05, 4.69) is 16.0 Å². The molecule has 0 heterocycles. The summed E-state index contributed by atoms with van der Waals surface area (Å²) in [5.74, 6) is 2.50. The molecule has 0 fully saturated rings. The first kappa shape index (κ1) is 14.6. The van der Waals surface area contributed by atoms with Crippen molar-refractivity contribution in [2.24, 2.45) is 0 Å². The van der Waals surface area contributed by atoms with Crippen LogP contribution in [0.1, 0.15) is 19.4 Å². The number of nitrogens with one attached hydrogen (secondary N) is 2. The van der Waals surface area contributed by atoms with Crippen LogP contribution in [-0.2, 0) is 10.0 Å². The molecule has 18 heavy (non-hydrogen) atoms. The van der Waals surface area contributed by atoms with Gasteiger partial charge in [-0.3, -0.25) is 4.72 Å². The van der Waals surface area contributed by atoms with E-state index in [0.29, 0.717) is 17.8 Å². The predicted molar refractivity (Wildman–Crippen MR) is 74.9 cm³/mol. The molecule has 0 amide bonds. The molecule has 0 atom stereocenters. The molecule has 0 radical (unpaired) electrons. The minimum absolute atomic E-state index is 0.0332. The molecule has 0 unspecified atom stereocenters. The second-order valence-corrected chi connectivity index (χ2v) is 6.10. The van der Waals surface area contributed by atoms with Gasteiger partial charge in [-0.15, -0.1) is 6.42 Å². The highest BCUT2D eigenvalue weighted by molar-refractivity contribution is 7.92. The van der Waals surface area contributed by atoms with Crippen LogP contribution in [0.25, 0.3) is 0 Å². The number of terminal acetylenes is 1. The highest BCUT2D eigenvalue weighted by Gasteiger charge is 2.10. The largest absolute Gasteiger partial charge is 0.313 e. The Morgan fingerprint density at radius 2 is 2.11 bits per heavy atom. The van der Waals surface area contributed by atoms with Crippen LogP contribution in [-0.4, -0.2) is 26.8 Å². The smallest absolute Gasteiger partial charge is 0.233 e. The number of anilines is 1. The molecule has 0 aliphatic heterocycles. The summed E-state index contributed by atoms with van der Waals surface area (Å²) in [4.78, 5) is 0. The summed E-state index contributed by atoms with van der Waals surface area (Å²) in [6, 6.07) is 7.05. The van der Waals surface area contributed by atoms with Crippen LogP contribution in [0.3, 0.4) is 0 Å². The Labute approximate surface area is 109 Å². The average Bonchev–Trinajstić information content (AvgIpc) is 2.27. The van der Waals surface area contributed by atoms with Crippen molar-refractivity contribution >= 4 is 15.7 Å². The molecule has 0 aromatic heterocycles. The molecule has 1 aromatic rings. The van der Waals surface area contributed by atoms with Crippen LogP contribution in [0.5, 0.6) is 0 Å². The standard InChI is InChI=1S/C13H18N2O2S/c1-4-12-6-5-7-13(10-12)15-18(16,17)9-8-14-11(2)3/h1,5-7,10-11,14-15H,8-9H2,2-3H3. The SMILES string of the molecule is C#Cc1cccc(NS(=O)(=O)CCNC(C)C)c1. The number of sulfonamides is 1. The van der Waals surface area contributed by atoms with Gasteiger partial charge in [0.25, 0.3) is 0 Å². The summed E-state index contributed by atoms with van der Waals surface area (Å²) in [6.07, 6.45) is 5.26. The molecule has 98 valence electrons. The van der Waals surface area contributed by atoms with Gasteiger partial charge in [0.05, 0.1) is 5.75 Å². The molecular formula is C13H18N2O2S. The third kappa shape index (κ3) is 5.21. The quantitative estimate of drug-likeness (QED) is 0.765. The molecule has 0 aliphatic rings. The van der Waals surface area contributed by atoms with Crippen LogP contribution in [0.15, 0.2) is 24.3 Å². The van der Waals surface area contributed by atoms with Gasteiger partial charge in [0.2, 0.25) is 10.0 Å². The summed E-state index contributed by atoms with van der Waals surface area (Å²) < 4.78 is 26.1. The zero-order valence-electron chi connectivity index (χ0n) is 10.6. The molecule has 5 heteroatoms. The fourth-order valence-electron chi connectivity index (χ4n) is 1.39. The molecule has 0 aliphatic carbocycles. The van der Waals surface area contributed by atoms with Crippen molar-refractivity contribution in [2.45, 2.75) is 19.9 Å². The summed E-state index contributed by atoms with van der Waals surface area (Å²) >= 11 is 0.